The molecule has 2 aromatic carbocycles. The minimum Gasteiger partial charge on any atom is -0.459 e. The monoisotopic (exact) mass is 427 g/mol. The van der Waals surface area contributed by atoms with E-state index in [0.717, 1.165) is 0 Å². The molecule has 1 aromatic heterocycles. The van der Waals surface area contributed by atoms with Gasteiger partial charge in [0.15, 0.2) is 11.5 Å². The molecule has 0 aliphatic carbocycles. The summed E-state index contributed by atoms with van der Waals surface area (Å²) in [4.78, 5) is 28.8. The van der Waals surface area contributed by atoms with Crippen LogP contribution in [0.15, 0.2) is 76.0 Å². The van der Waals surface area contributed by atoms with Gasteiger partial charge in [-0.3, -0.25) is 0 Å². The van der Waals surface area contributed by atoms with E-state index in [1.807, 2.05) is 0 Å². The van der Waals surface area contributed by atoms with Crippen LogP contribution >= 0.6 is 23.2 Å². The van der Waals surface area contributed by atoms with Crippen molar-refractivity contribution in [1.29, 1.82) is 0 Å². The van der Waals surface area contributed by atoms with Crippen LogP contribution in [0.4, 0.5) is 0 Å². The fourth-order valence-corrected chi connectivity index (χ4v) is 3.05. The zero-order valence-corrected chi connectivity index (χ0v) is 16.1. The third kappa shape index (κ3) is 4.08. The molecule has 0 saturated carbocycles. The molecule has 0 spiro atoms. The molecule has 1 aliphatic rings. The van der Waals surface area contributed by atoms with E-state index in [1.165, 1.54) is 30.5 Å². The zero-order valence-electron chi connectivity index (χ0n) is 14.6. The van der Waals surface area contributed by atoms with Gasteiger partial charge in [0.25, 0.3) is 5.90 Å². The average Bonchev–Trinajstić information content (AvgIpc) is 3.33. The number of nitrogens with zero attached hydrogens (tertiary/aromatic N) is 1. The number of rotatable bonds is 4. The highest BCUT2D eigenvalue weighted by Crippen LogP contribution is 2.27. The molecule has 2 heterocycles. The molecule has 6 nitrogen and oxygen atoms in total. The predicted molar refractivity (Wildman–Crippen MR) is 107 cm³/mol. The Labute approximate surface area is 175 Å². The number of ether oxygens (including phenoxy) is 2. The summed E-state index contributed by atoms with van der Waals surface area (Å²) in [5.74, 6) is -0.678. The van der Waals surface area contributed by atoms with Crippen LogP contribution in [0.25, 0.3) is 6.08 Å². The molecule has 0 radical (unpaired) electrons. The number of carbonyl (C=O) groups is 2. The lowest BCUT2D eigenvalue weighted by atomic mass is 10.1. The quantitative estimate of drug-likeness (QED) is 0.326. The van der Waals surface area contributed by atoms with Crippen molar-refractivity contribution in [3.63, 3.8) is 0 Å². The Morgan fingerprint density at radius 3 is 2.66 bits per heavy atom. The maximum Gasteiger partial charge on any atom is 0.363 e. The highest BCUT2D eigenvalue weighted by atomic mass is 35.5. The number of para-hydroxylation sites is 1. The Kier molecular flexibility index (Phi) is 5.20. The van der Waals surface area contributed by atoms with Gasteiger partial charge < -0.3 is 13.9 Å². The van der Waals surface area contributed by atoms with Crippen LogP contribution < -0.4 is 4.74 Å². The molecule has 29 heavy (non-hydrogen) atoms. The molecule has 144 valence electrons. The van der Waals surface area contributed by atoms with Gasteiger partial charge in [-0.25, -0.2) is 14.6 Å². The van der Waals surface area contributed by atoms with E-state index in [4.69, 9.17) is 37.1 Å². The molecular formula is C21H11Cl2NO5. The first kappa shape index (κ1) is 19.0. The molecule has 0 atom stereocenters. The molecule has 0 N–H and O–H groups in total. The lowest BCUT2D eigenvalue weighted by Gasteiger charge is -2.09. The first-order chi connectivity index (χ1) is 14.0. The number of cyclic esters (lactones) is 1. The van der Waals surface area contributed by atoms with E-state index in [9.17, 15) is 9.59 Å². The van der Waals surface area contributed by atoms with Crippen molar-refractivity contribution in [2.45, 2.75) is 0 Å². The SMILES string of the molecule is O=C1OC(c2ccco2)=N/C1=C/c1ccccc1OC(=O)c1ccc(Cl)cc1Cl. The number of benzene rings is 2. The summed E-state index contributed by atoms with van der Waals surface area (Å²) >= 11 is 11.9. The van der Waals surface area contributed by atoms with Crippen molar-refractivity contribution in [3.05, 3.63) is 93.5 Å². The molecular weight excluding hydrogens is 417 g/mol. The minimum absolute atomic E-state index is 0.0458. The molecule has 0 amide bonds. The Morgan fingerprint density at radius 2 is 1.90 bits per heavy atom. The lowest BCUT2D eigenvalue weighted by molar-refractivity contribution is -0.130. The summed E-state index contributed by atoms with van der Waals surface area (Å²) in [7, 11) is 0. The van der Waals surface area contributed by atoms with Gasteiger partial charge in [0.2, 0.25) is 0 Å². The average molecular weight is 428 g/mol. The van der Waals surface area contributed by atoms with Gasteiger partial charge in [-0.15, -0.1) is 0 Å². The number of carbonyl (C=O) groups excluding carboxylic acids is 2. The minimum atomic E-state index is -0.661. The summed E-state index contributed by atoms with van der Waals surface area (Å²) < 4.78 is 15.8. The zero-order chi connectivity index (χ0) is 20.4. The Hall–Kier alpha value is -3.35. The lowest BCUT2D eigenvalue weighted by Crippen LogP contribution is -2.10. The number of esters is 2. The number of aliphatic imine (C=N–C) groups is 1. The van der Waals surface area contributed by atoms with Gasteiger partial charge in [-0.2, -0.15) is 0 Å². The van der Waals surface area contributed by atoms with Gasteiger partial charge in [0, 0.05) is 10.6 Å². The second kappa shape index (κ2) is 7.95. The first-order valence-electron chi connectivity index (χ1n) is 8.34. The van der Waals surface area contributed by atoms with Crippen molar-refractivity contribution in [2.75, 3.05) is 0 Å². The topological polar surface area (TPSA) is 78.1 Å². The van der Waals surface area contributed by atoms with E-state index in [2.05, 4.69) is 4.99 Å². The third-order valence-corrected chi connectivity index (χ3v) is 4.47. The molecule has 0 bridgehead atoms. The van der Waals surface area contributed by atoms with Crippen molar-refractivity contribution < 1.29 is 23.5 Å². The summed E-state index contributed by atoms with van der Waals surface area (Å²) in [6.45, 7) is 0. The first-order valence-corrected chi connectivity index (χ1v) is 9.09. The van der Waals surface area contributed by atoms with Gasteiger partial charge in [-0.1, -0.05) is 41.4 Å². The maximum atomic E-state index is 12.5. The number of hydrogen-bond donors (Lipinski definition) is 0. The van der Waals surface area contributed by atoms with Crippen LogP contribution in [0, 0.1) is 0 Å². The Bertz CT molecular complexity index is 1170. The highest BCUT2D eigenvalue weighted by Gasteiger charge is 2.26. The second-order valence-corrected chi connectivity index (χ2v) is 6.71. The number of hydrogen-bond acceptors (Lipinski definition) is 6. The summed E-state index contributed by atoms with van der Waals surface area (Å²) in [5, 5.41) is 0.576. The van der Waals surface area contributed by atoms with E-state index >= 15 is 0 Å². The van der Waals surface area contributed by atoms with Crippen molar-refractivity contribution in [1.82, 2.24) is 0 Å². The summed E-state index contributed by atoms with van der Waals surface area (Å²) in [6, 6.07) is 14.4. The van der Waals surface area contributed by atoms with E-state index in [-0.39, 0.29) is 27.9 Å². The van der Waals surface area contributed by atoms with E-state index in [0.29, 0.717) is 16.3 Å². The van der Waals surface area contributed by atoms with Gasteiger partial charge in [0.05, 0.1) is 16.8 Å². The molecule has 0 saturated heterocycles. The van der Waals surface area contributed by atoms with Crippen molar-refractivity contribution in [3.8, 4) is 5.75 Å². The van der Waals surface area contributed by atoms with Crippen LogP contribution in [0.5, 0.6) is 5.75 Å². The van der Waals surface area contributed by atoms with Crippen molar-refractivity contribution >= 4 is 47.1 Å². The smallest absolute Gasteiger partial charge is 0.363 e. The largest absolute Gasteiger partial charge is 0.459 e. The fourth-order valence-electron chi connectivity index (χ4n) is 2.56. The normalized spacial score (nSPS) is 14.6. The Morgan fingerprint density at radius 1 is 1.07 bits per heavy atom. The van der Waals surface area contributed by atoms with Gasteiger partial charge >= 0.3 is 11.9 Å². The van der Waals surface area contributed by atoms with Gasteiger partial charge in [0.1, 0.15) is 5.75 Å². The predicted octanol–water partition coefficient (Wildman–Crippen LogP) is 5.15. The maximum absolute atomic E-state index is 12.5. The highest BCUT2D eigenvalue weighted by molar-refractivity contribution is 6.36. The van der Waals surface area contributed by atoms with E-state index < -0.39 is 11.9 Å². The van der Waals surface area contributed by atoms with Crippen LogP contribution in [0.1, 0.15) is 21.7 Å². The Balaban J connectivity index is 1.63. The van der Waals surface area contributed by atoms with E-state index in [1.54, 1.807) is 36.4 Å². The van der Waals surface area contributed by atoms with Crippen LogP contribution in [0.3, 0.4) is 0 Å². The summed E-state index contributed by atoms with van der Waals surface area (Å²) in [5.41, 5.74) is 0.670. The van der Waals surface area contributed by atoms with Crippen LogP contribution in [0.2, 0.25) is 10.0 Å². The fraction of sp³-hybridized carbons (Fsp3) is 0. The molecule has 8 heteroatoms. The third-order valence-electron chi connectivity index (χ3n) is 3.92. The van der Waals surface area contributed by atoms with Crippen LogP contribution in [-0.2, 0) is 9.53 Å². The molecule has 4 rings (SSSR count). The summed E-state index contributed by atoms with van der Waals surface area (Å²) in [6.07, 6.45) is 2.91. The molecule has 3 aromatic rings. The standard InChI is InChI=1S/C21H11Cl2NO5/c22-13-7-8-14(15(23)11-13)20(25)28-17-5-2-1-4-12(17)10-16-21(26)29-19(24-16)18-6-3-9-27-18/h1-11H/b16-10+. The number of furan rings is 1. The molecule has 0 unspecified atom stereocenters. The van der Waals surface area contributed by atoms with Crippen LogP contribution in [-0.4, -0.2) is 17.8 Å². The molecule has 0 fully saturated rings. The van der Waals surface area contributed by atoms with Crippen molar-refractivity contribution in [2.24, 2.45) is 4.99 Å². The number of halogens is 2. The molecule has 1 aliphatic heterocycles. The van der Waals surface area contributed by atoms with Gasteiger partial charge in [-0.05, 0) is 42.5 Å². The second-order valence-electron chi connectivity index (χ2n) is 5.86.